The van der Waals surface area contributed by atoms with E-state index in [1.54, 1.807) is 0 Å². The lowest BCUT2D eigenvalue weighted by atomic mass is 9.95. The summed E-state index contributed by atoms with van der Waals surface area (Å²) < 4.78 is 8.56. The molecule has 5 aromatic rings. The molecule has 0 unspecified atom stereocenters. The Kier molecular flexibility index (Phi) is 4.15. The zero-order valence-electron chi connectivity index (χ0n) is 17.2. The van der Waals surface area contributed by atoms with E-state index < -0.39 is 0 Å². The van der Waals surface area contributed by atoms with Gasteiger partial charge in [-0.1, -0.05) is 42.0 Å². The van der Waals surface area contributed by atoms with Gasteiger partial charge in [-0.25, -0.2) is 9.41 Å². The fourth-order valence-corrected chi connectivity index (χ4v) is 4.18. The molecule has 0 N–H and O–H groups in total. The van der Waals surface area contributed by atoms with Crippen LogP contribution >= 0.6 is 0 Å². The molecule has 0 amide bonds. The largest absolute Gasteiger partial charge is 0.456 e. The van der Waals surface area contributed by atoms with Gasteiger partial charge < -0.3 is 4.42 Å². The molecule has 0 spiro atoms. The molecule has 30 heavy (non-hydrogen) atoms. The molecule has 0 saturated carbocycles. The predicted octanol–water partition coefficient (Wildman–Crippen LogP) is 6.91. The van der Waals surface area contributed by atoms with Crippen LogP contribution in [0.15, 0.2) is 77.3 Å². The molecule has 5 rings (SSSR count). The van der Waals surface area contributed by atoms with Crippen LogP contribution in [-0.2, 0) is 7.05 Å². The number of furan rings is 1. The van der Waals surface area contributed by atoms with Gasteiger partial charge in [0.05, 0.1) is 12.1 Å². The summed E-state index contributed by atoms with van der Waals surface area (Å²) in [5.74, 6) is 0. The standard InChI is InChI=1S/C27H21N2O/c1-17-8-11-19(12-9-17)22-15-20(28-3)16-24-26(22)21-13-10-18(2)25(27(21)30-24)23-7-5-6-14-29(23)4/h5-16H,1-2,4H3/q+1. The van der Waals surface area contributed by atoms with Crippen LogP contribution in [0.2, 0.25) is 0 Å². The van der Waals surface area contributed by atoms with E-state index in [0.29, 0.717) is 5.69 Å². The maximum atomic E-state index is 7.57. The van der Waals surface area contributed by atoms with Crippen molar-refractivity contribution in [3.8, 4) is 22.4 Å². The van der Waals surface area contributed by atoms with Crippen LogP contribution in [0, 0.1) is 20.4 Å². The summed E-state index contributed by atoms with van der Waals surface area (Å²) in [7, 11) is 2.05. The molecule has 0 aliphatic heterocycles. The first kappa shape index (κ1) is 18.1. The van der Waals surface area contributed by atoms with Gasteiger partial charge >= 0.3 is 0 Å². The minimum absolute atomic E-state index is 0.584. The van der Waals surface area contributed by atoms with Crippen LogP contribution in [0.4, 0.5) is 5.69 Å². The zero-order chi connectivity index (χ0) is 20.8. The van der Waals surface area contributed by atoms with Gasteiger partial charge in [0.25, 0.3) is 0 Å². The summed E-state index contributed by atoms with van der Waals surface area (Å²) in [6.45, 7) is 11.8. The van der Waals surface area contributed by atoms with Gasteiger partial charge in [0, 0.05) is 22.9 Å². The van der Waals surface area contributed by atoms with Crippen molar-refractivity contribution in [1.82, 2.24) is 0 Å². The second-order valence-corrected chi connectivity index (χ2v) is 7.78. The van der Waals surface area contributed by atoms with Crippen molar-refractivity contribution in [2.45, 2.75) is 13.8 Å². The topological polar surface area (TPSA) is 21.4 Å². The van der Waals surface area contributed by atoms with Crippen molar-refractivity contribution >= 4 is 27.6 Å². The molecule has 0 fully saturated rings. The Morgan fingerprint density at radius 1 is 0.933 bits per heavy atom. The second kappa shape index (κ2) is 6.86. The normalized spacial score (nSPS) is 11.1. The van der Waals surface area contributed by atoms with Crippen LogP contribution in [0.1, 0.15) is 11.1 Å². The summed E-state index contributed by atoms with van der Waals surface area (Å²) in [4.78, 5) is 3.69. The molecular weight excluding hydrogens is 368 g/mol. The summed E-state index contributed by atoms with van der Waals surface area (Å²) >= 11 is 0. The summed E-state index contributed by atoms with van der Waals surface area (Å²) in [5.41, 5.74) is 8.87. The summed E-state index contributed by atoms with van der Waals surface area (Å²) in [5, 5.41) is 2.13. The first-order valence-electron chi connectivity index (χ1n) is 9.96. The molecule has 2 aromatic heterocycles. The Bertz CT molecular complexity index is 1470. The minimum atomic E-state index is 0.584. The van der Waals surface area contributed by atoms with E-state index in [-0.39, 0.29) is 0 Å². The van der Waals surface area contributed by atoms with E-state index in [9.17, 15) is 0 Å². The first-order valence-corrected chi connectivity index (χ1v) is 9.96. The van der Waals surface area contributed by atoms with Crippen molar-refractivity contribution in [3.05, 3.63) is 95.5 Å². The number of nitrogens with zero attached hydrogens (tertiary/aromatic N) is 2. The maximum Gasteiger partial charge on any atom is 0.216 e. The average molecular weight is 389 g/mol. The third-order valence-electron chi connectivity index (χ3n) is 5.74. The van der Waals surface area contributed by atoms with Crippen LogP contribution in [-0.4, -0.2) is 0 Å². The molecule has 3 heteroatoms. The van der Waals surface area contributed by atoms with Gasteiger partial charge in [0.2, 0.25) is 5.69 Å². The highest BCUT2D eigenvalue weighted by Gasteiger charge is 2.22. The number of hydrogen-bond acceptors (Lipinski definition) is 1. The fraction of sp³-hybridized carbons (Fsp3) is 0.111. The Hall–Kier alpha value is -3.90. The van der Waals surface area contributed by atoms with Crippen LogP contribution in [0.5, 0.6) is 0 Å². The Labute approximate surface area is 175 Å². The van der Waals surface area contributed by atoms with Crippen molar-refractivity contribution in [3.63, 3.8) is 0 Å². The van der Waals surface area contributed by atoms with E-state index in [2.05, 4.69) is 65.7 Å². The maximum absolute atomic E-state index is 7.57. The molecule has 3 aromatic carbocycles. The highest BCUT2D eigenvalue weighted by atomic mass is 16.3. The fourth-order valence-electron chi connectivity index (χ4n) is 4.18. The van der Waals surface area contributed by atoms with E-state index >= 15 is 0 Å². The van der Waals surface area contributed by atoms with Gasteiger partial charge in [0.1, 0.15) is 18.2 Å². The van der Waals surface area contributed by atoms with Crippen LogP contribution in [0.25, 0.3) is 49.2 Å². The molecule has 2 heterocycles. The number of rotatable bonds is 2. The SMILES string of the molecule is [C-]#[N+]c1cc(-c2ccc(C)cc2)c2c(c1)oc1c(-c3cccc[n+]3C)c(C)ccc12. The molecule has 0 aliphatic carbocycles. The van der Waals surface area contributed by atoms with Gasteiger partial charge in [0.15, 0.2) is 11.9 Å². The molecule has 3 nitrogen and oxygen atoms in total. The average Bonchev–Trinajstić information content (AvgIpc) is 3.13. The smallest absolute Gasteiger partial charge is 0.216 e. The predicted molar refractivity (Wildman–Crippen MR) is 122 cm³/mol. The van der Waals surface area contributed by atoms with Gasteiger partial charge in [-0.05, 0) is 48.7 Å². The summed E-state index contributed by atoms with van der Waals surface area (Å²) in [6.07, 6.45) is 2.05. The van der Waals surface area contributed by atoms with Crippen LogP contribution in [0.3, 0.4) is 0 Å². The van der Waals surface area contributed by atoms with Gasteiger partial charge in [-0.15, -0.1) is 0 Å². The van der Waals surface area contributed by atoms with E-state index in [1.165, 1.54) is 5.56 Å². The molecule has 0 atom stereocenters. The zero-order valence-corrected chi connectivity index (χ0v) is 17.2. The Balaban J connectivity index is 1.92. The third kappa shape index (κ3) is 2.77. The highest BCUT2D eigenvalue weighted by Crippen LogP contribution is 2.43. The van der Waals surface area contributed by atoms with E-state index in [0.717, 1.165) is 49.9 Å². The van der Waals surface area contributed by atoms with Crippen molar-refractivity contribution < 1.29 is 8.98 Å². The molecule has 144 valence electrons. The number of pyridine rings is 1. The Morgan fingerprint density at radius 2 is 1.73 bits per heavy atom. The van der Waals surface area contributed by atoms with Gasteiger partial charge in [-0.3, -0.25) is 0 Å². The Morgan fingerprint density at radius 3 is 2.47 bits per heavy atom. The number of hydrogen-bond donors (Lipinski definition) is 0. The molecular formula is C27H21N2O+. The highest BCUT2D eigenvalue weighted by molar-refractivity contribution is 6.16. The van der Waals surface area contributed by atoms with Crippen molar-refractivity contribution in [2.24, 2.45) is 7.05 Å². The third-order valence-corrected chi connectivity index (χ3v) is 5.74. The van der Waals surface area contributed by atoms with Crippen molar-refractivity contribution in [2.75, 3.05) is 0 Å². The molecule has 0 saturated heterocycles. The van der Waals surface area contributed by atoms with E-state index in [1.807, 2.05) is 37.5 Å². The lowest BCUT2D eigenvalue weighted by Crippen LogP contribution is -2.30. The summed E-state index contributed by atoms with van der Waals surface area (Å²) in [6, 6.07) is 22.7. The number of fused-ring (bicyclic) bond motifs is 3. The minimum Gasteiger partial charge on any atom is -0.456 e. The first-order chi connectivity index (χ1) is 14.6. The van der Waals surface area contributed by atoms with Crippen molar-refractivity contribution in [1.29, 1.82) is 0 Å². The van der Waals surface area contributed by atoms with E-state index in [4.69, 9.17) is 11.0 Å². The quantitative estimate of drug-likeness (QED) is 0.237. The molecule has 0 radical (unpaired) electrons. The van der Waals surface area contributed by atoms with Gasteiger partial charge in [-0.2, -0.15) is 0 Å². The number of aryl methyl sites for hydroxylation is 3. The lowest BCUT2D eigenvalue weighted by Gasteiger charge is -2.07. The van der Waals surface area contributed by atoms with Crippen LogP contribution < -0.4 is 4.57 Å². The number of aromatic nitrogens is 1. The number of benzene rings is 3. The monoisotopic (exact) mass is 389 g/mol. The molecule has 0 aliphatic rings. The lowest BCUT2D eigenvalue weighted by molar-refractivity contribution is -0.660. The second-order valence-electron chi connectivity index (χ2n) is 7.78. The molecule has 0 bridgehead atoms.